The summed E-state index contributed by atoms with van der Waals surface area (Å²) in [5.74, 6) is 0.152. The number of ether oxygens (including phenoxy) is 1. The molecule has 10 nitrogen and oxygen atoms in total. The molecule has 228 valence electrons. The van der Waals surface area contributed by atoms with E-state index < -0.39 is 10.0 Å². The van der Waals surface area contributed by atoms with Crippen molar-refractivity contribution in [2.24, 2.45) is 11.3 Å². The van der Waals surface area contributed by atoms with Crippen molar-refractivity contribution in [3.05, 3.63) is 59.3 Å². The highest BCUT2D eigenvalue weighted by Crippen LogP contribution is 2.50. The quantitative estimate of drug-likeness (QED) is 0.438. The van der Waals surface area contributed by atoms with Gasteiger partial charge >= 0.3 is 0 Å². The number of hydrogen-bond acceptors (Lipinski definition) is 8. The third-order valence-electron chi connectivity index (χ3n) is 9.07. The number of sulfonamides is 1. The summed E-state index contributed by atoms with van der Waals surface area (Å²) in [6.45, 7) is 10.4. The Kier molecular flexibility index (Phi) is 7.89. The second kappa shape index (κ2) is 11.5. The molecule has 43 heavy (non-hydrogen) atoms. The number of nitrogens with zero attached hydrogens (tertiary/aromatic N) is 4. The predicted molar refractivity (Wildman–Crippen MR) is 164 cm³/mol. The number of carbonyl (C=O) groups is 1. The molecule has 2 aromatic heterocycles. The van der Waals surface area contributed by atoms with Crippen LogP contribution in [0, 0.1) is 25.2 Å². The molecule has 1 amide bonds. The fourth-order valence-corrected chi connectivity index (χ4v) is 7.91. The van der Waals surface area contributed by atoms with E-state index in [4.69, 9.17) is 4.74 Å². The number of nitrogens with one attached hydrogen (secondary N) is 2. The van der Waals surface area contributed by atoms with Crippen LogP contribution >= 0.6 is 0 Å². The van der Waals surface area contributed by atoms with Crippen molar-refractivity contribution in [1.29, 1.82) is 0 Å². The van der Waals surface area contributed by atoms with Crippen LogP contribution in [0.4, 0.5) is 5.95 Å². The zero-order valence-corrected chi connectivity index (χ0v) is 26.1. The summed E-state index contributed by atoms with van der Waals surface area (Å²) >= 11 is 0. The van der Waals surface area contributed by atoms with Gasteiger partial charge in [0.15, 0.2) is 5.03 Å². The van der Waals surface area contributed by atoms with Gasteiger partial charge in [-0.25, -0.2) is 14.7 Å². The molecule has 0 unspecified atom stereocenters. The lowest BCUT2D eigenvalue weighted by Gasteiger charge is -2.55. The molecule has 1 aliphatic carbocycles. The fourth-order valence-electron chi connectivity index (χ4n) is 7.00. The van der Waals surface area contributed by atoms with Crippen LogP contribution in [0.15, 0.2) is 47.5 Å². The van der Waals surface area contributed by atoms with Gasteiger partial charge in [-0.2, -0.15) is 13.4 Å². The third kappa shape index (κ3) is 5.97. The minimum atomic E-state index is -4.20. The second-order valence-electron chi connectivity index (χ2n) is 12.8. The van der Waals surface area contributed by atoms with Gasteiger partial charge in [0.1, 0.15) is 12.3 Å². The van der Waals surface area contributed by atoms with Crippen molar-refractivity contribution >= 4 is 21.9 Å². The number of hydrogen-bond donors (Lipinski definition) is 2. The van der Waals surface area contributed by atoms with E-state index in [0.717, 1.165) is 55.5 Å². The normalized spacial score (nSPS) is 21.7. The first-order valence-electron chi connectivity index (χ1n) is 15.2. The molecule has 2 aliphatic heterocycles. The van der Waals surface area contributed by atoms with Gasteiger partial charge < -0.3 is 15.0 Å². The molecular weight excluding hydrogens is 564 g/mol. The lowest BCUT2D eigenvalue weighted by atomic mass is 9.60. The number of anilines is 1. The van der Waals surface area contributed by atoms with Gasteiger partial charge in [0.05, 0.1) is 11.7 Å². The molecule has 11 heteroatoms. The van der Waals surface area contributed by atoms with Crippen molar-refractivity contribution in [1.82, 2.24) is 25.2 Å². The first-order chi connectivity index (χ1) is 20.5. The molecule has 1 atom stereocenters. The zero-order chi connectivity index (χ0) is 30.4. The van der Waals surface area contributed by atoms with E-state index in [1.807, 2.05) is 36.9 Å². The summed E-state index contributed by atoms with van der Waals surface area (Å²) in [5, 5.41) is 3.19. The van der Waals surface area contributed by atoms with Crippen LogP contribution in [0.1, 0.15) is 67.6 Å². The highest BCUT2D eigenvalue weighted by atomic mass is 32.2. The largest absolute Gasteiger partial charge is 0.475 e. The Morgan fingerprint density at radius 2 is 1.70 bits per heavy atom. The SMILES string of the molecule is Cc1cccc(C)c1-c1cc2nc(n1)NS(=O)(=O)c1cccc(n1)C(=O)N(C1CC3(CCNCC3)C1)[C@H](CC(C)C)CO2. The van der Waals surface area contributed by atoms with Crippen molar-refractivity contribution in [2.45, 2.75) is 76.9 Å². The van der Waals surface area contributed by atoms with Gasteiger partial charge in [0.25, 0.3) is 15.9 Å². The van der Waals surface area contributed by atoms with Gasteiger partial charge in [0, 0.05) is 17.7 Å². The summed E-state index contributed by atoms with van der Waals surface area (Å²) in [6, 6.07) is 12.0. The third-order valence-corrected chi connectivity index (χ3v) is 10.3. The Balaban J connectivity index is 1.45. The van der Waals surface area contributed by atoms with E-state index in [2.05, 4.69) is 38.8 Å². The summed E-state index contributed by atoms with van der Waals surface area (Å²) in [5.41, 5.74) is 3.78. The number of aryl methyl sites for hydroxylation is 2. The molecule has 4 heterocycles. The van der Waals surface area contributed by atoms with Crippen molar-refractivity contribution in [2.75, 3.05) is 24.4 Å². The molecule has 2 fully saturated rings. The Morgan fingerprint density at radius 3 is 2.40 bits per heavy atom. The predicted octanol–water partition coefficient (Wildman–Crippen LogP) is 4.74. The Labute approximate surface area is 253 Å². The molecule has 0 radical (unpaired) electrons. The lowest BCUT2D eigenvalue weighted by Crippen LogP contribution is -2.60. The van der Waals surface area contributed by atoms with Crippen LogP contribution < -0.4 is 14.8 Å². The number of aromatic nitrogens is 3. The molecular formula is C32H40N6O4S. The topological polar surface area (TPSA) is 126 Å². The van der Waals surface area contributed by atoms with Crippen LogP contribution in [-0.4, -0.2) is 66.0 Å². The number of amides is 1. The Morgan fingerprint density at radius 1 is 1.00 bits per heavy atom. The molecule has 3 aliphatic rings. The first-order valence-corrected chi connectivity index (χ1v) is 16.6. The number of piperidine rings is 1. The monoisotopic (exact) mass is 604 g/mol. The second-order valence-corrected chi connectivity index (χ2v) is 14.4. The van der Waals surface area contributed by atoms with E-state index in [9.17, 15) is 13.2 Å². The Hall–Kier alpha value is -3.57. The van der Waals surface area contributed by atoms with Crippen molar-refractivity contribution in [3.8, 4) is 17.1 Å². The van der Waals surface area contributed by atoms with Crippen molar-refractivity contribution in [3.63, 3.8) is 0 Å². The maximum atomic E-state index is 14.3. The number of rotatable bonds is 4. The minimum absolute atomic E-state index is 0.0226. The molecule has 6 rings (SSSR count). The number of fused-ring (bicyclic) bond motifs is 4. The lowest BCUT2D eigenvalue weighted by molar-refractivity contribution is -0.0370. The van der Waals surface area contributed by atoms with Gasteiger partial charge in [0.2, 0.25) is 11.8 Å². The van der Waals surface area contributed by atoms with Crippen LogP contribution in [-0.2, 0) is 10.0 Å². The maximum Gasteiger partial charge on any atom is 0.281 e. The fraction of sp³-hybridized carbons (Fsp3) is 0.500. The molecule has 1 aromatic carbocycles. The van der Waals surface area contributed by atoms with E-state index in [0.29, 0.717) is 18.0 Å². The summed E-state index contributed by atoms with van der Waals surface area (Å²) < 4.78 is 35.9. The average molecular weight is 605 g/mol. The molecule has 3 aromatic rings. The molecule has 1 saturated carbocycles. The van der Waals surface area contributed by atoms with E-state index in [1.54, 1.807) is 18.2 Å². The zero-order valence-electron chi connectivity index (χ0n) is 25.3. The average Bonchev–Trinajstić information content (AvgIpc) is 2.95. The van der Waals surface area contributed by atoms with Gasteiger partial charge in [-0.3, -0.25) is 4.79 Å². The number of pyridine rings is 1. The van der Waals surface area contributed by atoms with Gasteiger partial charge in [-0.15, -0.1) is 0 Å². The number of carbonyl (C=O) groups excluding carboxylic acids is 1. The molecule has 1 saturated heterocycles. The smallest absolute Gasteiger partial charge is 0.281 e. The Bertz CT molecular complexity index is 1610. The summed E-state index contributed by atoms with van der Waals surface area (Å²) in [4.78, 5) is 29.6. The van der Waals surface area contributed by atoms with Crippen LogP contribution in [0.25, 0.3) is 11.3 Å². The van der Waals surface area contributed by atoms with Crippen molar-refractivity contribution < 1.29 is 17.9 Å². The first kappa shape index (κ1) is 29.5. The summed E-state index contributed by atoms with van der Waals surface area (Å²) in [6.07, 6.45) is 4.75. The molecule has 2 N–H and O–H groups in total. The van der Waals surface area contributed by atoms with Crippen LogP contribution in [0.3, 0.4) is 0 Å². The standard InChI is InChI=1S/C32H40N6O4S/c1-20(2)15-23-19-42-27-16-26(29-21(3)7-5-8-22(29)4)35-31(36-27)37-43(40,41)28-10-6-9-25(34-28)30(39)38(23)24-17-32(18-24)11-13-33-14-12-32/h5-10,16,20,23-24,33H,11-15,17-19H2,1-4H3,(H,35,36,37)/t23-/m1/s1. The van der Waals surface area contributed by atoms with E-state index in [1.165, 1.54) is 6.07 Å². The van der Waals surface area contributed by atoms with Crippen LogP contribution in [0.5, 0.6) is 5.88 Å². The molecule has 4 bridgehead atoms. The highest BCUT2D eigenvalue weighted by Gasteiger charge is 2.49. The minimum Gasteiger partial charge on any atom is -0.475 e. The van der Waals surface area contributed by atoms with E-state index >= 15 is 0 Å². The molecule has 1 spiro atoms. The summed E-state index contributed by atoms with van der Waals surface area (Å²) in [7, 11) is -4.20. The van der Waals surface area contributed by atoms with Gasteiger partial charge in [-0.05, 0) is 93.6 Å². The van der Waals surface area contributed by atoms with Crippen LogP contribution in [0.2, 0.25) is 0 Å². The highest BCUT2D eigenvalue weighted by molar-refractivity contribution is 7.92. The maximum absolute atomic E-state index is 14.3. The van der Waals surface area contributed by atoms with Gasteiger partial charge in [-0.1, -0.05) is 38.1 Å². The number of benzene rings is 1. The van der Waals surface area contributed by atoms with E-state index in [-0.39, 0.29) is 52.6 Å².